The molecular weight excluding hydrogens is 315 g/mol. The second-order valence-electron chi connectivity index (χ2n) is 4.05. The van der Waals surface area contributed by atoms with Gasteiger partial charge in [0, 0.05) is 11.5 Å². The van der Waals surface area contributed by atoms with Crippen LogP contribution in [0.3, 0.4) is 0 Å². The Morgan fingerprint density at radius 1 is 1.24 bits per heavy atom. The Morgan fingerprint density at radius 3 is 2.62 bits per heavy atom. The zero-order valence-corrected chi connectivity index (χ0v) is 12.2. The van der Waals surface area contributed by atoms with Gasteiger partial charge in [0.2, 0.25) is 0 Å². The fraction of sp³-hybridized carbons (Fsp3) is 0. The molecule has 0 saturated heterocycles. The number of thiocarbonyl (C=S) groups is 1. The molecule has 0 aromatic heterocycles. The molecule has 0 heterocycles. The van der Waals surface area contributed by atoms with E-state index in [9.17, 15) is 4.39 Å². The van der Waals surface area contributed by atoms with Gasteiger partial charge in [-0.1, -0.05) is 29.8 Å². The summed E-state index contributed by atoms with van der Waals surface area (Å²) in [6.07, 6.45) is 0. The molecule has 8 heteroatoms. The third-order valence-corrected chi connectivity index (χ3v) is 3.16. The van der Waals surface area contributed by atoms with Gasteiger partial charge in [0.05, 0.1) is 10.7 Å². The molecular formula is C13H10BClFNO3S. The molecule has 21 heavy (non-hydrogen) atoms. The van der Waals surface area contributed by atoms with Crippen LogP contribution in [0.25, 0.3) is 0 Å². The third kappa shape index (κ3) is 4.15. The molecule has 0 bridgehead atoms. The van der Waals surface area contributed by atoms with Crippen LogP contribution < -0.4 is 15.5 Å². The molecule has 2 rings (SSSR count). The first-order valence-electron chi connectivity index (χ1n) is 5.86. The van der Waals surface area contributed by atoms with Gasteiger partial charge >= 0.3 is 7.12 Å². The van der Waals surface area contributed by atoms with Gasteiger partial charge in [0.25, 0.3) is 5.17 Å². The average molecular weight is 326 g/mol. The van der Waals surface area contributed by atoms with Crippen LogP contribution in [-0.4, -0.2) is 22.3 Å². The summed E-state index contributed by atoms with van der Waals surface area (Å²) in [6.45, 7) is 0. The lowest BCUT2D eigenvalue weighted by Crippen LogP contribution is -2.31. The number of hydrogen-bond donors (Lipinski definition) is 3. The number of nitrogens with one attached hydrogen (secondary N) is 1. The average Bonchev–Trinajstić information content (AvgIpc) is 2.40. The van der Waals surface area contributed by atoms with Crippen LogP contribution in [0.4, 0.5) is 10.1 Å². The molecule has 0 aliphatic heterocycles. The van der Waals surface area contributed by atoms with Crippen molar-refractivity contribution in [1.82, 2.24) is 0 Å². The monoisotopic (exact) mass is 325 g/mol. The molecule has 2 aromatic carbocycles. The van der Waals surface area contributed by atoms with E-state index >= 15 is 0 Å². The van der Waals surface area contributed by atoms with Crippen LogP contribution in [-0.2, 0) is 0 Å². The van der Waals surface area contributed by atoms with E-state index in [2.05, 4.69) is 5.32 Å². The number of hydrogen-bond acceptors (Lipinski definition) is 4. The van der Waals surface area contributed by atoms with Crippen molar-refractivity contribution in [2.24, 2.45) is 0 Å². The smallest absolute Gasteiger partial charge is 0.432 e. The summed E-state index contributed by atoms with van der Waals surface area (Å²) in [5, 5.41) is 21.1. The molecule has 2 aromatic rings. The lowest BCUT2D eigenvalue weighted by molar-refractivity contribution is 0.426. The van der Waals surface area contributed by atoms with Crippen molar-refractivity contribution in [3.63, 3.8) is 0 Å². The number of rotatable bonds is 3. The predicted molar refractivity (Wildman–Crippen MR) is 84.5 cm³/mol. The zero-order valence-electron chi connectivity index (χ0n) is 10.6. The van der Waals surface area contributed by atoms with Crippen molar-refractivity contribution in [2.75, 3.05) is 5.32 Å². The van der Waals surface area contributed by atoms with E-state index < -0.39 is 12.9 Å². The molecule has 4 nitrogen and oxygen atoms in total. The third-order valence-electron chi connectivity index (χ3n) is 2.55. The summed E-state index contributed by atoms with van der Waals surface area (Å²) in [5.74, 6) is -0.208. The van der Waals surface area contributed by atoms with Crippen LogP contribution in [0.2, 0.25) is 5.02 Å². The number of ether oxygens (including phenoxy) is 1. The van der Waals surface area contributed by atoms with Crippen LogP contribution in [0.1, 0.15) is 0 Å². The van der Waals surface area contributed by atoms with Gasteiger partial charge in [-0.05, 0) is 30.4 Å². The predicted octanol–water partition coefficient (Wildman–Crippen LogP) is 1.93. The highest BCUT2D eigenvalue weighted by atomic mass is 35.5. The fourth-order valence-electron chi connectivity index (χ4n) is 1.62. The molecule has 0 fully saturated rings. The highest BCUT2D eigenvalue weighted by Crippen LogP contribution is 2.20. The van der Waals surface area contributed by atoms with E-state index in [0.717, 1.165) is 0 Å². The quantitative estimate of drug-likeness (QED) is 0.595. The summed E-state index contributed by atoms with van der Waals surface area (Å²) >= 11 is 11.0. The topological polar surface area (TPSA) is 61.7 Å². The van der Waals surface area contributed by atoms with E-state index in [4.69, 9.17) is 38.6 Å². The molecule has 0 atom stereocenters. The Morgan fingerprint density at radius 2 is 1.95 bits per heavy atom. The van der Waals surface area contributed by atoms with Crippen molar-refractivity contribution < 1.29 is 19.2 Å². The van der Waals surface area contributed by atoms with E-state index in [1.807, 2.05) is 0 Å². The zero-order chi connectivity index (χ0) is 15.4. The van der Waals surface area contributed by atoms with Gasteiger partial charge in [-0.3, -0.25) is 0 Å². The van der Waals surface area contributed by atoms with Crippen molar-refractivity contribution in [1.29, 1.82) is 0 Å². The van der Waals surface area contributed by atoms with Crippen molar-refractivity contribution >= 4 is 47.3 Å². The van der Waals surface area contributed by atoms with Gasteiger partial charge in [-0.15, -0.1) is 0 Å². The number of benzene rings is 2. The van der Waals surface area contributed by atoms with Crippen molar-refractivity contribution in [2.45, 2.75) is 0 Å². The largest absolute Gasteiger partial charge is 0.490 e. The molecule has 0 spiro atoms. The lowest BCUT2D eigenvalue weighted by Gasteiger charge is -2.12. The van der Waals surface area contributed by atoms with Gasteiger partial charge < -0.3 is 20.1 Å². The highest BCUT2D eigenvalue weighted by Gasteiger charge is 2.17. The van der Waals surface area contributed by atoms with Gasteiger partial charge in [0.15, 0.2) is 0 Å². The van der Waals surface area contributed by atoms with Crippen LogP contribution in [0.5, 0.6) is 5.75 Å². The van der Waals surface area contributed by atoms with E-state index in [1.54, 1.807) is 18.2 Å². The maximum Gasteiger partial charge on any atom is 0.490 e. The molecule has 0 unspecified atom stereocenters. The molecule has 0 aliphatic rings. The van der Waals surface area contributed by atoms with Crippen LogP contribution in [0, 0.1) is 5.82 Å². The van der Waals surface area contributed by atoms with Gasteiger partial charge in [-0.25, -0.2) is 4.39 Å². The Hall–Kier alpha value is -1.67. The number of anilines is 1. The summed E-state index contributed by atoms with van der Waals surface area (Å²) in [7, 11) is -1.70. The molecule has 108 valence electrons. The normalized spacial score (nSPS) is 10.1. The molecule has 0 saturated carbocycles. The summed E-state index contributed by atoms with van der Waals surface area (Å²) in [4.78, 5) is 0. The van der Waals surface area contributed by atoms with Gasteiger partial charge in [-0.2, -0.15) is 0 Å². The summed E-state index contributed by atoms with van der Waals surface area (Å²) < 4.78 is 18.3. The maximum absolute atomic E-state index is 13.0. The van der Waals surface area contributed by atoms with E-state index in [1.165, 1.54) is 24.3 Å². The molecule has 3 N–H and O–H groups in total. The minimum atomic E-state index is -1.70. The van der Waals surface area contributed by atoms with Crippen molar-refractivity contribution in [3.8, 4) is 5.75 Å². The first kappa shape index (κ1) is 15.7. The highest BCUT2D eigenvalue weighted by molar-refractivity contribution is 7.80. The standard InChI is InChI=1S/C13H10BClFNO3S/c15-12-10(14(18)19)5-2-6-11(12)17-13(21)20-9-4-1-3-8(16)7-9/h1-7,18-19H,(H,17,21). The van der Waals surface area contributed by atoms with Gasteiger partial charge in [0.1, 0.15) is 11.6 Å². The molecule has 0 radical (unpaired) electrons. The Labute approximate surface area is 131 Å². The van der Waals surface area contributed by atoms with E-state index in [0.29, 0.717) is 5.69 Å². The summed E-state index contributed by atoms with van der Waals surface area (Å²) in [5.41, 5.74) is 0.485. The van der Waals surface area contributed by atoms with E-state index in [-0.39, 0.29) is 21.4 Å². The molecule has 0 amide bonds. The second-order valence-corrected chi connectivity index (χ2v) is 4.80. The fourth-order valence-corrected chi connectivity index (χ4v) is 2.10. The minimum absolute atomic E-state index is 0.0490. The molecule has 0 aliphatic carbocycles. The van der Waals surface area contributed by atoms with Crippen LogP contribution >= 0.6 is 23.8 Å². The lowest BCUT2D eigenvalue weighted by atomic mass is 9.80. The summed E-state index contributed by atoms with van der Waals surface area (Å²) in [6, 6.07) is 10.1. The van der Waals surface area contributed by atoms with Crippen molar-refractivity contribution in [3.05, 3.63) is 53.3 Å². The Bertz CT molecular complexity index is 672. The SMILES string of the molecule is OB(O)c1cccc(NC(=S)Oc2cccc(F)c2)c1Cl. The maximum atomic E-state index is 13.0. The first-order chi connectivity index (χ1) is 9.97. The second kappa shape index (κ2) is 6.86. The number of halogens is 2. The first-order valence-corrected chi connectivity index (χ1v) is 6.65. The van der Waals surface area contributed by atoms with Crippen LogP contribution in [0.15, 0.2) is 42.5 Å². The Kier molecular flexibility index (Phi) is 5.14. The Balaban J connectivity index is 2.11. The minimum Gasteiger partial charge on any atom is -0.432 e.